The normalized spacial score (nSPS) is 25.2. The first-order valence-corrected chi connectivity index (χ1v) is 6.11. The van der Waals surface area contributed by atoms with Gasteiger partial charge in [0.1, 0.15) is 0 Å². The van der Waals surface area contributed by atoms with Crippen LogP contribution in [0.25, 0.3) is 0 Å². The molecule has 0 spiro atoms. The van der Waals surface area contributed by atoms with Crippen molar-refractivity contribution in [2.45, 2.75) is 44.1 Å². The molecule has 1 N–H and O–H groups in total. The maximum absolute atomic E-state index is 10.7. The number of hydrogen-bond acceptors (Lipinski definition) is 3. The van der Waals surface area contributed by atoms with E-state index in [1.807, 2.05) is 6.07 Å². The molecule has 2 rings (SSSR count). The van der Waals surface area contributed by atoms with Crippen molar-refractivity contribution in [3.05, 3.63) is 39.9 Å². The summed E-state index contributed by atoms with van der Waals surface area (Å²) < 4.78 is 0. The Hall–Kier alpha value is -1.42. The quantitative estimate of drug-likeness (QED) is 0.487. The maximum atomic E-state index is 10.7. The van der Waals surface area contributed by atoms with Crippen LogP contribution >= 0.6 is 0 Å². The summed E-state index contributed by atoms with van der Waals surface area (Å²) in [5, 5.41) is 20.8. The predicted molar refractivity (Wildman–Crippen MR) is 64.9 cm³/mol. The lowest BCUT2D eigenvalue weighted by molar-refractivity contribution is -0.384. The number of aliphatic hydroxyl groups excluding tert-OH is 1. The average molecular weight is 235 g/mol. The summed E-state index contributed by atoms with van der Waals surface area (Å²) in [5.41, 5.74) is 1.01. The lowest BCUT2D eigenvalue weighted by Gasteiger charge is -2.20. The van der Waals surface area contributed by atoms with E-state index >= 15 is 0 Å². The largest absolute Gasteiger partial charge is 0.392 e. The van der Waals surface area contributed by atoms with Gasteiger partial charge in [-0.2, -0.15) is 0 Å². The summed E-state index contributed by atoms with van der Waals surface area (Å²) in [7, 11) is 0. The van der Waals surface area contributed by atoms with Crippen LogP contribution in [-0.4, -0.2) is 16.1 Å². The second kappa shape index (κ2) is 5.27. The number of hydrogen-bond donors (Lipinski definition) is 1. The third-order valence-electron chi connectivity index (χ3n) is 3.49. The molecule has 1 aliphatic carbocycles. The monoisotopic (exact) mass is 235 g/mol. The van der Waals surface area contributed by atoms with Gasteiger partial charge in [0.15, 0.2) is 0 Å². The molecule has 92 valence electrons. The smallest absolute Gasteiger partial charge is 0.269 e. The van der Waals surface area contributed by atoms with Crippen LogP contribution < -0.4 is 0 Å². The van der Waals surface area contributed by atoms with E-state index in [-0.39, 0.29) is 22.6 Å². The number of rotatable bonds is 2. The van der Waals surface area contributed by atoms with Crippen molar-refractivity contribution >= 4 is 5.69 Å². The standard InChI is InChI=1S/C13H17NO3/c15-13-8-3-1-2-7-12(13)10-5-4-6-11(9-10)14(16)17/h4-6,9,12-13,15H,1-3,7-8H2. The molecular weight excluding hydrogens is 218 g/mol. The summed E-state index contributed by atoms with van der Waals surface area (Å²) in [4.78, 5) is 10.3. The summed E-state index contributed by atoms with van der Waals surface area (Å²) in [6.07, 6.45) is 4.63. The number of benzene rings is 1. The van der Waals surface area contributed by atoms with Gasteiger partial charge in [0.25, 0.3) is 5.69 Å². The van der Waals surface area contributed by atoms with Crippen molar-refractivity contribution in [1.82, 2.24) is 0 Å². The molecule has 4 heteroatoms. The second-order valence-electron chi connectivity index (χ2n) is 4.66. The molecule has 0 bridgehead atoms. The van der Waals surface area contributed by atoms with E-state index < -0.39 is 0 Å². The molecule has 4 nitrogen and oxygen atoms in total. The molecule has 1 aromatic carbocycles. The van der Waals surface area contributed by atoms with Crippen molar-refractivity contribution in [1.29, 1.82) is 0 Å². The van der Waals surface area contributed by atoms with E-state index in [0.29, 0.717) is 0 Å². The van der Waals surface area contributed by atoms with Crippen LogP contribution in [0.5, 0.6) is 0 Å². The molecular formula is C13H17NO3. The van der Waals surface area contributed by atoms with E-state index in [1.54, 1.807) is 12.1 Å². The highest BCUT2D eigenvalue weighted by Gasteiger charge is 2.24. The first kappa shape index (κ1) is 12.0. The Morgan fingerprint density at radius 2 is 2.00 bits per heavy atom. The molecule has 1 fully saturated rings. The van der Waals surface area contributed by atoms with E-state index in [2.05, 4.69) is 0 Å². The van der Waals surface area contributed by atoms with E-state index in [1.165, 1.54) is 6.07 Å². The third kappa shape index (κ3) is 2.82. The summed E-state index contributed by atoms with van der Waals surface area (Å²) in [5.74, 6) is 0.0531. The fourth-order valence-electron chi connectivity index (χ4n) is 2.55. The molecule has 17 heavy (non-hydrogen) atoms. The zero-order chi connectivity index (χ0) is 12.3. The van der Waals surface area contributed by atoms with Gasteiger partial charge in [0.05, 0.1) is 11.0 Å². The first-order valence-electron chi connectivity index (χ1n) is 6.11. The minimum Gasteiger partial charge on any atom is -0.392 e. The molecule has 0 radical (unpaired) electrons. The SMILES string of the molecule is O=[N+]([O-])c1cccc(C2CCCCCC2O)c1. The molecule has 1 aromatic rings. The highest BCUT2D eigenvalue weighted by molar-refractivity contribution is 5.36. The van der Waals surface area contributed by atoms with E-state index in [9.17, 15) is 15.2 Å². The van der Waals surface area contributed by atoms with E-state index in [4.69, 9.17) is 0 Å². The molecule has 1 saturated carbocycles. The Morgan fingerprint density at radius 3 is 2.76 bits per heavy atom. The lowest BCUT2D eigenvalue weighted by Crippen LogP contribution is -2.16. The summed E-state index contributed by atoms with van der Waals surface area (Å²) in [6.45, 7) is 0. The third-order valence-corrected chi connectivity index (χ3v) is 3.49. The molecule has 2 unspecified atom stereocenters. The van der Waals surface area contributed by atoms with Crippen molar-refractivity contribution in [3.63, 3.8) is 0 Å². The molecule has 0 aromatic heterocycles. The van der Waals surface area contributed by atoms with Crippen LogP contribution in [-0.2, 0) is 0 Å². The maximum Gasteiger partial charge on any atom is 0.269 e. The van der Waals surface area contributed by atoms with Gasteiger partial charge < -0.3 is 5.11 Å². The van der Waals surface area contributed by atoms with Crippen LogP contribution in [0.3, 0.4) is 0 Å². The van der Waals surface area contributed by atoms with Gasteiger partial charge in [-0.05, 0) is 18.4 Å². The van der Waals surface area contributed by atoms with Gasteiger partial charge in [-0.25, -0.2) is 0 Å². The Kier molecular flexibility index (Phi) is 3.74. The number of nitrogens with zero attached hydrogens (tertiary/aromatic N) is 1. The van der Waals surface area contributed by atoms with Gasteiger partial charge in [-0.1, -0.05) is 31.4 Å². The summed E-state index contributed by atoms with van der Waals surface area (Å²) >= 11 is 0. The van der Waals surface area contributed by atoms with Crippen LogP contribution in [0.1, 0.15) is 43.6 Å². The first-order chi connectivity index (χ1) is 8.18. The zero-order valence-corrected chi connectivity index (χ0v) is 9.71. The molecule has 0 saturated heterocycles. The molecule has 1 aliphatic rings. The average Bonchev–Trinajstić information content (AvgIpc) is 2.54. The zero-order valence-electron chi connectivity index (χ0n) is 9.71. The van der Waals surface area contributed by atoms with Crippen molar-refractivity contribution in [2.75, 3.05) is 0 Å². The van der Waals surface area contributed by atoms with Crippen LogP contribution in [0.2, 0.25) is 0 Å². The van der Waals surface area contributed by atoms with Crippen molar-refractivity contribution in [3.8, 4) is 0 Å². The minimum atomic E-state index is -0.382. The van der Waals surface area contributed by atoms with Crippen LogP contribution in [0, 0.1) is 10.1 Å². The Balaban J connectivity index is 2.25. The van der Waals surface area contributed by atoms with Gasteiger partial charge in [0.2, 0.25) is 0 Å². The molecule has 0 heterocycles. The Bertz CT molecular complexity index is 405. The highest BCUT2D eigenvalue weighted by atomic mass is 16.6. The van der Waals surface area contributed by atoms with Gasteiger partial charge >= 0.3 is 0 Å². The van der Waals surface area contributed by atoms with Gasteiger partial charge in [-0.3, -0.25) is 10.1 Å². The number of non-ortho nitro benzene ring substituents is 1. The fraction of sp³-hybridized carbons (Fsp3) is 0.538. The number of aliphatic hydroxyl groups is 1. The van der Waals surface area contributed by atoms with Gasteiger partial charge in [-0.15, -0.1) is 0 Å². The lowest BCUT2D eigenvalue weighted by atomic mass is 9.89. The number of nitro groups is 1. The topological polar surface area (TPSA) is 63.4 Å². The predicted octanol–water partition coefficient (Wildman–Crippen LogP) is 3.00. The molecule has 2 atom stereocenters. The fourth-order valence-corrected chi connectivity index (χ4v) is 2.55. The molecule has 0 amide bonds. The van der Waals surface area contributed by atoms with Crippen LogP contribution in [0.4, 0.5) is 5.69 Å². The number of nitro benzene ring substituents is 1. The highest BCUT2D eigenvalue weighted by Crippen LogP contribution is 2.33. The van der Waals surface area contributed by atoms with Crippen LogP contribution in [0.15, 0.2) is 24.3 Å². The van der Waals surface area contributed by atoms with E-state index in [0.717, 1.165) is 37.7 Å². The van der Waals surface area contributed by atoms with Crippen molar-refractivity contribution in [2.24, 2.45) is 0 Å². The molecule has 0 aliphatic heterocycles. The van der Waals surface area contributed by atoms with Gasteiger partial charge in [0, 0.05) is 18.1 Å². The Morgan fingerprint density at radius 1 is 1.24 bits per heavy atom. The summed E-state index contributed by atoms with van der Waals surface area (Å²) in [6, 6.07) is 6.67. The second-order valence-corrected chi connectivity index (χ2v) is 4.66. The Labute approximate surface area is 100 Å². The van der Waals surface area contributed by atoms with Crippen molar-refractivity contribution < 1.29 is 10.0 Å². The minimum absolute atomic E-state index is 0.0531.